The minimum atomic E-state index is -0.519. The quantitative estimate of drug-likeness (QED) is 0.280. The molecule has 8 heteroatoms. The van der Waals surface area contributed by atoms with Gasteiger partial charge in [0, 0.05) is 35.1 Å². The Morgan fingerprint density at radius 2 is 1.81 bits per heavy atom. The number of nitrogens with one attached hydrogen (secondary N) is 1. The summed E-state index contributed by atoms with van der Waals surface area (Å²) in [6.45, 7) is 4.28. The zero-order valence-electron chi connectivity index (χ0n) is 21.6. The van der Waals surface area contributed by atoms with E-state index < -0.39 is 11.9 Å². The lowest BCUT2D eigenvalue weighted by Crippen LogP contribution is -2.36. The summed E-state index contributed by atoms with van der Waals surface area (Å²) in [5.41, 5.74) is 4.63. The van der Waals surface area contributed by atoms with Crippen LogP contribution in [0.25, 0.3) is 0 Å². The number of ether oxygens (including phenoxy) is 3. The highest BCUT2D eigenvalue weighted by atomic mass is 79.9. The lowest BCUT2D eigenvalue weighted by molar-refractivity contribution is -0.138. The van der Waals surface area contributed by atoms with Crippen LogP contribution in [0.2, 0.25) is 0 Å². The first kappa shape index (κ1) is 27.3. The summed E-state index contributed by atoms with van der Waals surface area (Å²) < 4.78 is 17.1. The second-order valence-corrected chi connectivity index (χ2v) is 11.3. The molecule has 2 aliphatic rings. The van der Waals surface area contributed by atoms with Crippen LogP contribution in [-0.2, 0) is 14.3 Å². The Morgan fingerprint density at radius 3 is 2.46 bits per heavy atom. The number of esters is 1. The van der Waals surface area contributed by atoms with Crippen molar-refractivity contribution in [2.75, 3.05) is 32.3 Å². The summed E-state index contributed by atoms with van der Waals surface area (Å²) in [7, 11) is 3.25. The van der Waals surface area contributed by atoms with E-state index in [4.69, 9.17) is 14.2 Å². The molecule has 0 saturated carbocycles. The molecule has 0 radical (unpaired) electrons. The van der Waals surface area contributed by atoms with Crippen molar-refractivity contribution in [2.24, 2.45) is 0 Å². The molecule has 2 aromatic carbocycles. The molecular weight excluding hydrogens is 554 g/mol. The minimum absolute atomic E-state index is 0.0332. The summed E-state index contributed by atoms with van der Waals surface area (Å²) in [6, 6.07) is 13.6. The number of ketones is 1. The maximum absolute atomic E-state index is 13.8. The summed E-state index contributed by atoms with van der Waals surface area (Å²) in [5.74, 6) is 2.32. The molecule has 196 valence electrons. The van der Waals surface area contributed by atoms with Gasteiger partial charge in [-0.2, -0.15) is 11.8 Å². The van der Waals surface area contributed by atoms with Crippen LogP contribution in [0.3, 0.4) is 0 Å². The molecule has 0 amide bonds. The first-order chi connectivity index (χ1) is 17.9. The van der Waals surface area contributed by atoms with Crippen LogP contribution in [0.1, 0.15) is 49.7 Å². The van der Waals surface area contributed by atoms with Gasteiger partial charge >= 0.3 is 5.97 Å². The predicted octanol–water partition coefficient (Wildman–Crippen LogP) is 6.12. The molecule has 1 heterocycles. The maximum atomic E-state index is 13.8. The molecule has 0 unspecified atom stereocenters. The average molecular weight is 587 g/mol. The first-order valence-corrected chi connectivity index (χ1v) is 14.3. The van der Waals surface area contributed by atoms with Gasteiger partial charge in [-0.15, -0.1) is 0 Å². The number of hydrogen-bond donors (Lipinski definition) is 1. The fourth-order valence-electron chi connectivity index (χ4n) is 5.03. The number of carbonyl (C=O) groups excluding carboxylic acids is 2. The second-order valence-electron chi connectivity index (χ2n) is 9.02. The van der Waals surface area contributed by atoms with Gasteiger partial charge in [0.1, 0.15) is 18.1 Å². The third-order valence-corrected chi connectivity index (χ3v) is 8.29. The van der Waals surface area contributed by atoms with Crippen LogP contribution in [0.4, 0.5) is 0 Å². The van der Waals surface area contributed by atoms with Crippen LogP contribution in [0, 0.1) is 0 Å². The van der Waals surface area contributed by atoms with Crippen molar-refractivity contribution in [1.29, 1.82) is 0 Å². The van der Waals surface area contributed by atoms with Gasteiger partial charge in [0.2, 0.25) is 0 Å². The summed E-state index contributed by atoms with van der Waals surface area (Å²) in [4.78, 5) is 27.1. The van der Waals surface area contributed by atoms with Crippen LogP contribution >= 0.6 is 27.7 Å². The number of thioether (sulfide) groups is 1. The number of rotatable bonds is 9. The summed E-state index contributed by atoms with van der Waals surface area (Å²) in [5, 5.41) is 3.41. The average Bonchev–Trinajstić information content (AvgIpc) is 2.90. The number of benzene rings is 2. The van der Waals surface area contributed by atoms with E-state index in [0.29, 0.717) is 42.0 Å². The molecule has 37 heavy (non-hydrogen) atoms. The number of allylic oxidation sites excluding steroid dienone is 3. The maximum Gasteiger partial charge on any atom is 0.336 e. The van der Waals surface area contributed by atoms with Gasteiger partial charge in [0.15, 0.2) is 5.78 Å². The largest absolute Gasteiger partial charge is 0.497 e. The molecule has 2 aromatic rings. The van der Waals surface area contributed by atoms with E-state index in [9.17, 15) is 9.59 Å². The van der Waals surface area contributed by atoms with Crippen LogP contribution in [-0.4, -0.2) is 44.1 Å². The molecule has 0 saturated heterocycles. The standard InChI is InChI=1S/C29H32BrNO5S/c1-5-37-13-12-36-29(33)26-17(2)31-23-15-20(18-6-9-21(34-3)10-7-18)16-24(32)28(23)27(26)19-8-11-25(35-4)22(30)14-19/h6-11,14,20,27,31H,5,12-13,15-16H2,1-4H3/t20-,27+/m1/s1. The van der Waals surface area contributed by atoms with Crippen molar-refractivity contribution in [1.82, 2.24) is 5.32 Å². The number of hydrogen-bond acceptors (Lipinski definition) is 7. The van der Waals surface area contributed by atoms with E-state index in [1.54, 1.807) is 26.0 Å². The molecule has 0 spiro atoms. The third kappa shape index (κ3) is 5.91. The number of methoxy groups -OCH3 is 2. The fraction of sp³-hybridized carbons (Fsp3) is 0.379. The number of halogens is 1. The van der Waals surface area contributed by atoms with Crippen molar-refractivity contribution in [3.05, 3.63) is 80.6 Å². The van der Waals surface area contributed by atoms with E-state index in [1.807, 2.05) is 49.4 Å². The van der Waals surface area contributed by atoms with Crippen molar-refractivity contribution < 1.29 is 23.8 Å². The van der Waals surface area contributed by atoms with Gasteiger partial charge in [-0.3, -0.25) is 4.79 Å². The smallest absolute Gasteiger partial charge is 0.336 e. The lowest BCUT2D eigenvalue weighted by atomic mass is 9.71. The Hall–Kier alpha value is -2.71. The highest BCUT2D eigenvalue weighted by Crippen LogP contribution is 2.46. The van der Waals surface area contributed by atoms with E-state index in [2.05, 4.69) is 28.2 Å². The molecule has 2 atom stereocenters. The van der Waals surface area contributed by atoms with Crippen molar-refractivity contribution in [3.63, 3.8) is 0 Å². The fourth-order valence-corrected chi connectivity index (χ4v) is 6.08. The molecular formula is C29H32BrNO5S. The normalized spacial score (nSPS) is 19.3. The Morgan fingerprint density at radius 1 is 1.08 bits per heavy atom. The summed E-state index contributed by atoms with van der Waals surface area (Å²) in [6.07, 6.45) is 1.04. The minimum Gasteiger partial charge on any atom is -0.497 e. The Labute approximate surface area is 231 Å². The molecule has 0 fully saturated rings. The van der Waals surface area contributed by atoms with Crippen LogP contribution < -0.4 is 14.8 Å². The SMILES string of the molecule is CCSCCOC(=O)C1=C(C)NC2=C(C(=O)C[C@H](c3ccc(OC)cc3)C2)[C@H]1c1ccc(OC)c(Br)c1. The molecule has 0 aromatic heterocycles. The van der Waals surface area contributed by atoms with Gasteiger partial charge in [-0.25, -0.2) is 4.79 Å². The topological polar surface area (TPSA) is 73.9 Å². The number of carbonyl (C=O) groups is 2. The van der Waals surface area contributed by atoms with Crippen molar-refractivity contribution >= 4 is 39.4 Å². The lowest BCUT2D eigenvalue weighted by Gasteiger charge is -2.36. The van der Waals surface area contributed by atoms with E-state index in [-0.39, 0.29) is 11.7 Å². The Kier molecular flexibility index (Phi) is 9.03. The van der Waals surface area contributed by atoms with Gasteiger partial charge in [0.05, 0.1) is 24.3 Å². The van der Waals surface area contributed by atoms with Gasteiger partial charge < -0.3 is 19.5 Å². The zero-order valence-corrected chi connectivity index (χ0v) is 24.0. The van der Waals surface area contributed by atoms with E-state index in [1.165, 1.54) is 0 Å². The highest BCUT2D eigenvalue weighted by molar-refractivity contribution is 9.10. The van der Waals surface area contributed by atoms with Gasteiger partial charge in [-0.1, -0.05) is 25.1 Å². The highest BCUT2D eigenvalue weighted by Gasteiger charge is 2.41. The van der Waals surface area contributed by atoms with Crippen molar-refractivity contribution in [2.45, 2.75) is 38.5 Å². The molecule has 1 aliphatic heterocycles. The predicted molar refractivity (Wildman–Crippen MR) is 150 cm³/mol. The zero-order chi connectivity index (χ0) is 26.5. The van der Waals surface area contributed by atoms with Crippen LogP contribution in [0.5, 0.6) is 11.5 Å². The molecule has 1 N–H and O–H groups in total. The van der Waals surface area contributed by atoms with Crippen LogP contribution in [0.15, 0.2) is 69.5 Å². The first-order valence-electron chi connectivity index (χ1n) is 12.3. The molecule has 4 rings (SSSR count). The van der Waals surface area contributed by atoms with E-state index >= 15 is 0 Å². The number of dihydropyridines is 1. The monoisotopic (exact) mass is 585 g/mol. The number of Topliss-reactive ketones (excluding diaryl/α,β-unsaturated/α-hetero) is 1. The van der Waals surface area contributed by atoms with Gasteiger partial charge in [0.25, 0.3) is 0 Å². The Balaban J connectivity index is 1.72. The molecule has 0 bridgehead atoms. The summed E-state index contributed by atoms with van der Waals surface area (Å²) >= 11 is 5.29. The molecule has 6 nitrogen and oxygen atoms in total. The third-order valence-electron chi connectivity index (χ3n) is 6.81. The van der Waals surface area contributed by atoms with E-state index in [0.717, 1.165) is 38.6 Å². The van der Waals surface area contributed by atoms with Crippen molar-refractivity contribution in [3.8, 4) is 11.5 Å². The van der Waals surface area contributed by atoms with Gasteiger partial charge in [-0.05, 0) is 76.3 Å². The second kappa shape index (κ2) is 12.2. The molecule has 1 aliphatic carbocycles. The Bertz CT molecular complexity index is 1240.